The summed E-state index contributed by atoms with van der Waals surface area (Å²) >= 11 is 0. The van der Waals surface area contributed by atoms with Crippen molar-refractivity contribution in [3.8, 4) is 0 Å². The van der Waals surface area contributed by atoms with Crippen LogP contribution >= 0.6 is 0 Å². The number of aromatic carboxylic acids is 1. The number of nitrogens with two attached hydrogens (primary N) is 1. The second kappa shape index (κ2) is 4.43. The summed E-state index contributed by atoms with van der Waals surface area (Å²) in [6.07, 6.45) is 3.46. The standard InChI is InChI=1S/C12H16N2O2/c13-9-4-5-10(12(15)16)11(8-9)14-6-2-1-3-7-14/h4-5,8H,1-3,6-7,13H2,(H,15,16). The Hall–Kier alpha value is -1.71. The van der Waals surface area contributed by atoms with Gasteiger partial charge in [0.05, 0.1) is 11.3 Å². The molecule has 16 heavy (non-hydrogen) atoms. The molecular formula is C12H16N2O2. The minimum Gasteiger partial charge on any atom is -0.478 e. The van der Waals surface area contributed by atoms with Gasteiger partial charge in [0.15, 0.2) is 0 Å². The van der Waals surface area contributed by atoms with Crippen molar-refractivity contribution < 1.29 is 9.90 Å². The van der Waals surface area contributed by atoms with Crippen LogP contribution < -0.4 is 10.6 Å². The lowest BCUT2D eigenvalue weighted by Gasteiger charge is -2.30. The van der Waals surface area contributed by atoms with Gasteiger partial charge in [-0.3, -0.25) is 0 Å². The molecule has 0 unspecified atom stereocenters. The van der Waals surface area contributed by atoms with Gasteiger partial charge in [0.25, 0.3) is 0 Å². The number of nitrogens with zero attached hydrogens (tertiary/aromatic N) is 1. The average Bonchev–Trinajstić information content (AvgIpc) is 2.29. The van der Waals surface area contributed by atoms with Crippen molar-refractivity contribution >= 4 is 17.3 Å². The zero-order valence-corrected chi connectivity index (χ0v) is 9.15. The quantitative estimate of drug-likeness (QED) is 0.748. The fraction of sp³-hybridized carbons (Fsp3) is 0.417. The Balaban J connectivity index is 2.36. The molecule has 2 rings (SSSR count). The Morgan fingerprint density at radius 1 is 1.25 bits per heavy atom. The van der Waals surface area contributed by atoms with Gasteiger partial charge in [0.2, 0.25) is 0 Å². The first-order valence-corrected chi connectivity index (χ1v) is 5.56. The average molecular weight is 220 g/mol. The van der Waals surface area contributed by atoms with E-state index in [4.69, 9.17) is 10.8 Å². The lowest BCUT2D eigenvalue weighted by atomic mass is 10.1. The Bertz CT molecular complexity index is 398. The van der Waals surface area contributed by atoms with Crippen molar-refractivity contribution in [3.63, 3.8) is 0 Å². The molecule has 1 saturated heterocycles. The fourth-order valence-electron chi connectivity index (χ4n) is 2.13. The van der Waals surface area contributed by atoms with E-state index in [9.17, 15) is 4.79 Å². The van der Waals surface area contributed by atoms with Crippen molar-refractivity contribution in [2.45, 2.75) is 19.3 Å². The summed E-state index contributed by atoms with van der Waals surface area (Å²) in [7, 11) is 0. The van der Waals surface area contributed by atoms with Crippen molar-refractivity contribution in [3.05, 3.63) is 23.8 Å². The number of anilines is 2. The lowest BCUT2D eigenvalue weighted by Crippen LogP contribution is -2.30. The summed E-state index contributed by atoms with van der Waals surface area (Å²) in [4.78, 5) is 13.2. The Morgan fingerprint density at radius 3 is 2.56 bits per heavy atom. The molecule has 1 aliphatic rings. The number of hydrogen-bond acceptors (Lipinski definition) is 3. The van der Waals surface area contributed by atoms with Gasteiger partial charge in [-0.05, 0) is 37.5 Å². The molecule has 3 N–H and O–H groups in total. The molecule has 1 heterocycles. The Kier molecular flexibility index (Phi) is 2.99. The minimum absolute atomic E-state index is 0.344. The molecule has 4 heteroatoms. The van der Waals surface area contributed by atoms with Crippen LogP contribution in [0.3, 0.4) is 0 Å². The van der Waals surface area contributed by atoms with E-state index in [2.05, 4.69) is 4.90 Å². The molecule has 86 valence electrons. The highest BCUT2D eigenvalue weighted by molar-refractivity contribution is 5.95. The third-order valence-electron chi connectivity index (χ3n) is 2.95. The van der Waals surface area contributed by atoms with E-state index < -0.39 is 5.97 Å². The second-order valence-corrected chi connectivity index (χ2v) is 4.13. The molecule has 0 aromatic heterocycles. The van der Waals surface area contributed by atoms with Crippen LogP contribution in [0.1, 0.15) is 29.6 Å². The van der Waals surface area contributed by atoms with Gasteiger partial charge < -0.3 is 15.7 Å². The first-order valence-electron chi connectivity index (χ1n) is 5.56. The number of rotatable bonds is 2. The van der Waals surface area contributed by atoms with Gasteiger partial charge >= 0.3 is 5.97 Å². The third kappa shape index (κ3) is 2.10. The van der Waals surface area contributed by atoms with Crippen molar-refractivity contribution in [2.24, 2.45) is 0 Å². The van der Waals surface area contributed by atoms with E-state index in [0.717, 1.165) is 31.6 Å². The third-order valence-corrected chi connectivity index (χ3v) is 2.95. The van der Waals surface area contributed by atoms with Crippen molar-refractivity contribution in [2.75, 3.05) is 23.7 Å². The smallest absolute Gasteiger partial charge is 0.337 e. The molecular weight excluding hydrogens is 204 g/mol. The van der Waals surface area contributed by atoms with Crippen LogP contribution in [0.15, 0.2) is 18.2 Å². The maximum atomic E-state index is 11.1. The molecule has 0 bridgehead atoms. The molecule has 1 aromatic rings. The fourth-order valence-corrected chi connectivity index (χ4v) is 2.13. The summed E-state index contributed by atoms with van der Waals surface area (Å²) in [6.45, 7) is 1.84. The molecule has 0 atom stereocenters. The highest BCUT2D eigenvalue weighted by atomic mass is 16.4. The van der Waals surface area contributed by atoms with Gasteiger partial charge in [0.1, 0.15) is 0 Å². The summed E-state index contributed by atoms with van der Waals surface area (Å²) in [5, 5.41) is 9.12. The molecule has 0 amide bonds. The van der Waals surface area contributed by atoms with Gasteiger partial charge in [-0.15, -0.1) is 0 Å². The molecule has 1 aromatic carbocycles. The van der Waals surface area contributed by atoms with E-state index >= 15 is 0 Å². The zero-order chi connectivity index (χ0) is 11.5. The van der Waals surface area contributed by atoms with Gasteiger partial charge in [-0.1, -0.05) is 0 Å². The summed E-state index contributed by atoms with van der Waals surface area (Å²) in [6, 6.07) is 4.98. The zero-order valence-electron chi connectivity index (χ0n) is 9.15. The van der Waals surface area contributed by atoms with Crippen LogP contribution in [0.25, 0.3) is 0 Å². The Morgan fingerprint density at radius 2 is 1.94 bits per heavy atom. The lowest BCUT2D eigenvalue weighted by molar-refractivity contribution is 0.0697. The monoisotopic (exact) mass is 220 g/mol. The maximum Gasteiger partial charge on any atom is 0.337 e. The maximum absolute atomic E-state index is 11.1. The number of carboxylic acids is 1. The van der Waals surface area contributed by atoms with Crippen molar-refractivity contribution in [1.82, 2.24) is 0 Å². The van der Waals surface area contributed by atoms with E-state index in [-0.39, 0.29) is 0 Å². The molecule has 0 spiro atoms. The van der Waals surface area contributed by atoms with Crippen molar-refractivity contribution in [1.29, 1.82) is 0 Å². The highest BCUT2D eigenvalue weighted by Gasteiger charge is 2.18. The van der Waals surface area contributed by atoms with Crippen LogP contribution in [-0.4, -0.2) is 24.2 Å². The summed E-state index contributed by atoms with van der Waals surface area (Å²) in [5.41, 5.74) is 7.43. The largest absolute Gasteiger partial charge is 0.478 e. The first-order chi connectivity index (χ1) is 7.68. The highest BCUT2D eigenvalue weighted by Crippen LogP contribution is 2.26. The molecule has 0 radical (unpaired) electrons. The molecule has 1 fully saturated rings. The van der Waals surface area contributed by atoms with Crippen LogP contribution in [-0.2, 0) is 0 Å². The van der Waals surface area contributed by atoms with Gasteiger partial charge in [-0.2, -0.15) is 0 Å². The van der Waals surface area contributed by atoms with E-state index in [1.165, 1.54) is 6.42 Å². The van der Waals surface area contributed by atoms with Crippen LogP contribution in [0.4, 0.5) is 11.4 Å². The number of nitrogen functional groups attached to an aromatic ring is 1. The number of carboxylic acid groups (broad SMARTS) is 1. The number of piperidine rings is 1. The summed E-state index contributed by atoms with van der Waals surface area (Å²) < 4.78 is 0. The SMILES string of the molecule is Nc1ccc(C(=O)O)c(N2CCCCC2)c1. The van der Waals surface area contributed by atoms with Gasteiger partial charge in [0, 0.05) is 18.8 Å². The van der Waals surface area contributed by atoms with Crippen LogP contribution in [0.2, 0.25) is 0 Å². The summed E-state index contributed by atoms with van der Waals surface area (Å²) in [5.74, 6) is -0.888. The number of benzene rings is 1. The van der Waals surface area contributed by atoms with Gasteiger partial charge in [-0.25, -0.2) is 4.79 Å². The predicted octanol–water partition coefficient (Wildman–Crippen LogP) is 1.96. The molecule has 4 nitrogen and oxygen atoms in total. The molecule has 0 aliphatic carbocycles. The van der Waals surface area contributed by atoms with E-state index in [1.807, 2.05) is 0 Å². The second-order valence-electron chi connectivity index (χ2n) is 4.13. The Labute approximate surface area is 94.7 Å². The number of hydrogen-bond donors (Lipinski definition) is 2. The first kappa shape index (κ1) is 10.8. The van der Waals surface area contributed by atoms with Crippen LogP contribution in [0, 0.1) is 0 Å². The molecule has 0 saturated carbocycles. The topological polar surface area (TPSA) is 66.6 Å². The van der Waals surface area contributed by atoms with E-state index in [1.54, 1.807) is 18.2 Å². The minimum atomic E-state index is -0.888. The molecule has 1 aliphatic heterocycles. The van der Waals surface area contributed by atoms with E-state index in [0.29, 0.717) is 11.3 Å². The normalized spacial score (nSPS) is 16.1. The van der Waals surface area contributed by atoms with Crippen LogP contribution in [0.5, 0.6) is 0 Å². The number of carbonyl (C=O) groups is 1. The predicted molar refractivity (Wildman–Crippen MR) is 63.9 cm³/mol.